The van der Waals surface area contributed by atoms with Gasteiger partial charge in [-0.05, 0) is 42.5 Å². The van der Waals surface area contributed by atoms with Crippen molar-refractivity contribution in [2.75, 3.05) is 13.7 Å². The molecular weight excluding hydrogens is 348 g/mol. The van der Waals surface area contributed by atoms with Gasteiger partial charge in [0, 0.05) is 12.1 Å². The van der Waals surface area contributed by atoms with Gasteiger partial charge >= 0.3 is 12.0 Å². The van der Waals surface area contributed by atoms with Gasteiger partial charge in [-0.3, -0.25) is 10.1 Å². The molecule has 0 radical (unpaired) electrons. The first-order valence-corrected chi connectivity index (χ1v) is 9.07. The fourth-order valence-electron chi connectivity index (χ4n) is 2.99. The predicted molar refractivity (Wildman–Crippen MR) is 101 cm³/mol. The maximum Gasteiger partial charge on any atom is 0.331 e. The van der Waals surface area contributed by atoms with Gasteiger partial charge in [-0.25, -0.2) is 9.59 Å². The van der Waals surface area contributed by atoms with Gasteiger partial charge < -0.3 is 14.8 Å². The van der Waals surface area contributed by atoms with E-state index in [-0.39, 0.29) is 6.04 Å². The summed E-state index contributed by atoms with van der Waals surface area (Å²) in [4.78, 5) is 35.3. The van der Waals surface area contributed by atoms with E-state index in [0.717, 1.165) is 24.8 Å². The number of nitrogens with one attached hydrogen (secondary N) is 2. The minimum atomic E-state index is -0.672. The van der Waals surface area contributed by atoms with Crippen LogP contribution in [0.5, 0.6) is 5.75 Å². The first kappa shape index (κ1) is 20.5. The minimum absolute atomic E-state index is 0.0693. The number of carbonyl (C=O) groups excluding carboxylic acids is 3. The van der Waals surface area contributed by atoms with E-state index in [9.17, 15) is 14.4 Å². The van der Waals surface area contributed by atoms with Crippen molar-refractivity contribution in [1.29, 1.82) is 0 Å². The number of hydrogen-bond acceptors (Lipinski definition) is 5. The van der Waals surface area contributed by atoms with Crippen molar-refractivity contribution in [2.24, 2.45) is 5.92 Å². The SMILES string of the molecule is COc1cccc(/C=C/C(=O)OCC(=O)NC(=O)N[C@H]2CCCC[C@@H]2C)c1. The zero-order chi connectivity index (χ0) is 19.6. The van der Waals surface area contributed by atoms with Gasteiger partial charge in [0.05, 0.1) is 7.11 Å². The fraction of sp³-hybridized carbons (Fsp3) is 0.450. The van der Waals surface area contributed by atoms with E-state index >= 15 is 0 Å². The first-order valence-electron chi connectivity index (χ1n) is 9.07. The summed E-state index contributed by atoms with van der Waals surface area (Å²) in [5, 5.41) is 4.99. The van der Waals surface area contributed by atoms with Gasteiger partial charge in [0.15, 0.2) is 6.61 Å². The number of rotatable bonds is 6. The average molecular weight is 374 g/mol. The number of ether oxygens (including phenoxy) is 2. The van der Waals surface area contributed by atoms with E-state index in [1.54, 1.807) is 37.5 Å². The number of esters is 1. The zero-order valence-electron chi connectivity index (χ0n) is 15.7. The van der Waals surface area contributed by atoms with Crippen LogP contribution in [0.3, 0.4) is 0 Å². The summed E-state index contributed by atoms with van der Waals surface area (Å²) in [6.45, 7) is 1.57. The summed E-state index contributed by atoms with van der Waals surface area (Å²) >= 11 is 0. The number of carbonyl (C=O) groups is 3. The Balaban J connectivity index is 1.71. The minimum Gasteiger partial charge on any atom is -0.497 e. The first-order chi connectivity index (χ1) is 13.0. The maximum atomic E-state index is 11.9. The summed E-state index contributed by atoms with van der Waals surface area (Å²) < 4.78 is 9.94. The van der Waals surface area contributed by atoms with Crippen LogP contribution in [0.1, 0.15) is 38.2 Å². The van der Waals surface area contributed by atoms with Crippen molar-refractivity contribution in [1.82, 2.24) is 10.6 Å². The Hall–Kier alpha value is -2.83. The third kappa shape index (κ3) is 7.13. The molecule has 0 saturated heterocycles. The quantitative estimate of drug-likeness (QED) is 0.590. The Labute approximate surface area is 159 Å². The highest BCUT2D eigenvalue weighted by Gasteiger charge is 2.23. The number of methoxy groups -OCH3 is 1. The summed E-state index contributed by atoms with van der Waals surface area (Å²) in [5.41, 5.74) is 0.761. The van der Waals surface area contributed by atoms with E-state index in [1.165, 1.54) is 12.5 Å². The van der Waals surface area contributed by atoms with Crippen molar-refractivity contribution < 1.29 is 23.9 Å². The molecule has 146 valence electrons. The number of hydrogen-bond donors (Lipinski definition) is 2. The molecule has 2 N–H and O–H groups in total. The smallest absolute Gasteiger partial charge is 0.331 e. The molecule has 0 bridgehead atoms. The number of amides is 3. The third-order valence-corrected chi connectivity index (χ3v) is 4.53. The molecule has 2 rings (SSSR count). The van der Waals surface area contributed by atoms with Crippen LogP contribution < -0.4 is 15.4 Å². The van der Waals surface area contributed by atoms with Crippen molar-refractivity contribution in [3.05, 3.63) is 35.9 Å². The molecule has 7 heteroatoms. The van der Waals surface area contributed by atoms with E-state index in [4.69, 9.17) is 9.47 Å². The lowest BCUT2D eigenvalue weighted by Gasteiger charge is -2.29. The molecule has 1 aromatic rings. The molecule has 0 unspecified atom stereocenters. The number of benzene rings is 1. The highest BCUT2D eigenvalue weighted by Crippen LogP contribution is 2.23. The Morgan fingerprint density at radius 3 is 2.74 bits per heavy atom. The number of urea groups is 1. The topological polar surface area (TPSA) is 93.7 Å². The Bertz CT molecular complexity index is 701. The molecular formula is C20H26N2O5. The average Bonchev–Trinajstić information content (AvgIpc) is 2.66. The fourth-order valence-corrected chi connectivity index (χ4v) is 2.99. The van der Waals surface area contributed by atoms with Crippen molar-refractivity contribution in [2.45, 2.75) is 38.6 Å². The lowest BCUT2D eigenvalue weighted by atomic mass is 9.86. The second kappa shape index (κ2) is 10.4. The van der Waals surface area contributed by atoms with Crippen LogP contribution in [-0.2, 0) is 14.3 Å². The van der Waals surface area contributed by atoms with Crippen LogP contribution in [0.25, 0.3) is 6.08 Å². The van der Waals surface area contributed by atoms with Gasteiger partial charge in [0.25, 0.3) is 5.91 Å². The molecule has 1 saturated carbocycles. The van der Waals surface area contributed by atoms with E-state index in [2.05, 4.69) is 17.6 Å². The van der Waals surface area contributed by atoms with Gasteiger partial charge in [-0.2, -0.15) is 0 Å². The molecule has 1 fully saturated rings. The van der Waals surface area contributed by atoms with Crippen LogP contribution in [0.4, 0.5) is 4.79 Å². The molecule has 1 aliphatic carbocycles. The van der Waals surface area contributed by atoms with Gasteiger partial charge in [-0.15, -0.1) is 0 Å². The summed E-state index contributed by atoms with van der Waals surface area (Å²) in [6.07, 6.45) is 6.98. The highest BCUT2D eigenvalue weighted by atomic mass is 16.5. The normalized spacial score (nSPS) is 19.3. The van der Waals surface area contributed by atoms with Gasteiger partial charge in [0.1, 0.15) is 5.75 Å². The summed E-state index contributed by atoms with van der Waals surface area (Å²) in [5.74, 6) is -0.282. The van der Waals surface area contributed by atoms with E-state index in [0.29, 0.717) is 11.7 Å². The largest absolute Gasteiger partial charge is 0.497 e. The lowest BCUT2D eigenvalue weighted by molar-refractivity contribution is -0.143. The molecule has 0 aliphatic heterocycles. The van der Waals surface area contributed by atoms with Crippen molar-refractivity contribution >= 4 is 24.0 Å². The molecule has 1 aliphatic rings. The molecule has 0 spiro atoms. The second-order valence-corrected chi connectivity index (χ2v) is 6.61. The monoisotopic (exact) mass is 374 g/mol. The molecule has 0 heterocycles. The summed E-state index contributed by atoms with van der Waals surface area (Å²) in [7, 11) is 1.56. The van der Waals surface area contributed by atoms with E-state index in [1.807, 2.05) is 0 Å². The molecule has 3 amide bonds. The van der Waals surface area contributed by atoms with Crippen LogP contribution in [0.2, 0.25) is 0 Å². The van der Waals surface area contributed by atoms with Crippen LogP contribution >= 0.6 is 0 Å². The Morgan fingerprint density at radius 1 is 1.22 bits per heavy atom. The standard InChI is InChI=1S/C20H26N2O5/c1-14-6-3-4-9-17(14)21-20(25)22-18(23)13-27-19(24)11-10-15-7-5-8-16(12-15)26-2/h5,7-8,10-12,14,17H,3-4,6,9,13H2,1-2H3,(H2,21,22,23,25)/b11-10+/t14-,17-/m0/s1. The maximum absolute atomic E-state index is 11.9. The van der Waals surface area contributed by atoms with Gasteiger partial charge in [0.2, 0.25) is 0 Å². The van der Waals surface area contributed by atoms with Crippen LogP contribution in [0.15, 0.2) is 30.3 Å². The van der Waals surface area contributed by atoms with Crippen LogP contribution in [0, 0.1) is 5.92 Å². The predicted octanol–water partition coefficient (Wildman–Crippen LogP) is 2.66. The van der Waals surface area contributed by atoms with Gasteiger partial charge in [-0.1, -0.05) is 31.9 Å². The molecule has 1 aromatic carbocycles. The molecule has 0 aromatic heterocycles. The van der Waals surface area contributed by atoms with E-state index < -0.39 is 24.5 Å². The lowest BCUT2D eigenvalue weighted by Crippen LogP contribution is -2.48. The third-order valence-electron chi connectivity index (χ3n) is 4.53. The van der Waals surface area contributed by atoms with Crippen molar-refractivity contribution in [3.63, 3.8) is 0 Å². The number of imide groups is 1. The molecule has 27 heavy (non-hydrogen) atoms. The highest BCUT2D eigenvalue weighted by molar-refractivity contribution is 5.96. The van der Waals surface area contributed by atoms with Crippen LogP contribution in [-0.4, -0.2) is 37.7 Å². The van der Waals surface area contributed by atoms with Crippen molar-refractivity contribution in [3.8, 4) is 5.75 Å². The molecule has 7 nitrogen and oxygen atoms in total. The second-order valence-electron chi connectivity index (χ2n) is 6.61. The summed E-state index contributed by atoms with van der Waals surface area (Å²) in [6, 6.07) is 6.66. The Morgan fingerprint density at radius 2 is 2.00 bits per heavy atom. The zero-order valence-corrected chi connectivity index (χ0v) is 15.7. The molecule has 2 atom stereocenters. The Kier molecular flexibility index (Phi) is 7.85.